The van der Waals surface area contributed by atoms with Crippen molar-refractivity contribution >= 4 is 23.4 Å². The normalized spacial score (nSPS) is 28.0. The van der Waals surface area contributed by atoms with E-state index in [-0.39, 0.29) is 17.1 Å². The molecule has 7 heteroatoms. The van der Waals surface area contributed by atoms with Gasteiger partial charge in [-0.2, -0.15) is 0 Å². The molecule has 4 rings (SSSR count). The van der Waals surface area contributed by atoms with Gasteiger partial charge in [0.05, 0.1) is 24.5 Å². The Morgan fingerprint density at radius 3 is 2.37 bits per heavy atom. The van der Waals surface area contributed by atoms with Crippen LogP contribution in [0.15, 0.2) is 42.7 Å². The second-order valence-electron chi connectivity index (χ2n) is 7.79. The predicted octanol–water partition coefficient (Wildman–Crippen LogP) is 3.43. The number of urea groups is 1. The van der Waals surface area contributed by atoms with Crippen molar-refractivity contribution in [1.82, 2.24) is 20.2 Å². The molecular formula is C20H24ClN5O. The summed E-state index contributed by atoms with van der Waals surface area (Å²) >= 11 is 5.82. The molecule has 0 unspecified atom stereocenters. The van der Waals surface area contributed by atoms with Gasteiger partial charge < -0.3 is 5.32 Å². The van der Waals surface area contributed by atoms with Gasteiger partial charge in [-0.25, -0.2) is 14.8 Å². The highest BCUT2D eigenvalue weighted by atomic mass is 35.5. The minimum atomic E-state index is -0.216. The van der Waals surface area contributed by atoms with Crippen molar-refractivity contribution in [2.24, 2.45) is 0 Å². The molecule has 2 fully saturated rings. The summed E-state index contributed by atoms with van der Waals surface area (Å²) in [6.45, 7) is 0.612. The molecule has 1 aliphatic carbocycles. The monoisotopic (exact) mass is 385 g/mol. The number of carbonyl (C=O) groups is 1. The molecule has 1 aromatic carbocycles. The average molecular weight is 386 g/mol. The largest absolute Gasteiger partial charge is 0.330 e. The van der Waals surface area contributed by atoms with Crippen molar-refractivity contribution in [1.29, 1.82) is 0 Å². The highest BCUT2D eigenvalue weighted by molar-refractivity contribution is 6.29. The summed E-state index contributed by atoms with van der Waals surface area (Å²) in [7, 11) is 4.29. The van der Waals surface area contributed by atoms with Crippen molar-refractivity contribution in [2.75, 3.05) is 25.5 Å². The topological polar surface area (TPSA) is 61.4 Å². The maximum absolute atomic E-state index is 12.6. The highest BCUT2D eigenvalue weighted by Gasteiger charge is 2.50. The van der Waals surface area contributed by atoms with Crippen LogP contribution in [0.4, 0.5) is 10.6 Å². The first kappa shape index (κ1) is 18.2. The second kappa shape index (κ2) is 6.77. The van der Waals surface area contributed by atoms with Gasteiger partial charge in [0.1, 0.15) is 5.15 Å². The molecule has 1 saturated heterocycles. The molecule has 1 saturated carbocycles. The van der Waals surface area contributed by atoms with Gasteiger partial charge in [-0.05, 0) is 45.3 Å². The van der Waals surface area contributed by atoms with Crippen molar-refractivity contribution in [3.05, 3.63) is 53.4 Å². The van der Waals surface area contributed by atoms with E-state index in [1.165, 1.54) is 11.8 Å². The summed E-state index contributed by atoms with van der Waals surface area (Å²) in [6, 6.07) is 10.6. The lowest BCUT2D eigenvalue weighted by Gasteiger charge is -2.48. The van der Waals surface area contributed by atoms with Gasteiger partial charge in [0.25, 0.3) is 0 Å². The van der Waals surface area contributed by atoms with Gasteiger partial charge in [-0.15, -0.1) is 0 Å². The molecule has 0 bridgehead atoms. The number of nitrogens with zero attached hydrogens (tertiary/aromatic N) is 4. The zero-order valence-electron chi connectivity index (χ0n) is 15.7. The Balaban J connectivity index is 1.54. The molecule has 6 nitrogen and oxygen atoms in total. The molecule has 1 aliphatic heterocycles. The number of amides is 2. The molecule has 0 atom stereocenters. The van der Waals surface area contributed by atoms with Gasteiger partial charge in [-0.3, -0.25) is 9.80 Å². The van der Waals surface area contributed by atoms with E-state index in [2.05, 4.69) is 64.6 Å². The van der Waals surface area contributed by atoms with Crippen molar-refractivity contribution in [2.45, 2.75) is 36.8 Å². The Kier molecular flexibility index (Phi) is 4.56. The Morgan fingerprint density at radius 2 is 1.78 bits per heavy atom. The summed E-state index contributed by atoms with van der Waals surface area (Å²) < 4.78 is 0. The summed E-state index contributed by atoms with van der Waals surface area (Å²) in [5.74, 6) is 0.543. The molecule has 2 aromatic rings. The fourth-order valence-corrected chi connectivity index (χ4v) is 4.60. The Labute approximate surface area is 164 Å². The van der Waals surface area contributed by atoms with Gasteiger partial charge in [0, 0.05) is 5.54 Å². The maximum atomic E-state index is 12.6. The molecule has 27 heavy (non-hydrogen) atoms. The summed E-state index contributed by atoms with van der Waals surface area (Å²) in [6.07, 6.45) is 6.85. The summed E-state index contributed by atoms with van der Waals surface area (Å²) in [5.41, 5.74) is 1.13. The van der Waals surface area contributed by atoms with E-state index < -0.39 is 0 Å². The Hall–Kier alpha value is -2.18. The number of anilines is 1. The molecule has 1 N–H and O–H groups in total. The third-order valence-corrected chi connectivity index (χ3v) is 6.36. The van der Waals surface area contributed by atoms with Crippen LogP contribution in [0.5, 0.6) is 0 Å². The molecular weight excluding hydrogens is 362 g/mol. The number of hydrogen-bond donors (Lipinski definition) is 1. The second-order valence-corrected chi connectivity index (χ2v) is 8.17. The molecule has 1 spiro atoms. The molecule has 2 amide bonds. The number of carbonyl (C=O) groups excluding carboxylic acids is 1. The summed E-state index contributed by atoms with van der Waals surface area (Å²) in [5, 5.41) is 3.55. The van der Waals surface area contributed by atoms with E-state index in [0.29, 0.717) is 17.5 Å². The van der Waals surface area contributed by atoms with Crippen LogP contribution in [0, 0.1) is 0 Å². The third-order valence-electron chi connectivity index (χ3n) is 6.16. The quantitative estimate of drug-likeness (QED) is 0.879. The lowest BCUT2D eigenvalue weighted by Crippen LogP contribution is -2.54. The summed E-state index contributed by atoms with van der Waals surface area (Å²) in [4.78, 5) is 24.9. The number of aromatic nitrogens is 2. The lowest BCUT2D eigenvalue weighted by molar-refractivity contribution is 0.0657. The zero-order chi connectivity index (χ0) is 19.1. The van der Waals surface area contributed by atoms with Crippen LogP contribution in [0.2, 0.25) is 5.15 Å². The predicted molar refractivity (Wildman–Crippen MR) is 106 cm³/mol. The van der Waals surface area contributed by atoms with E-state index in [0.717, 1.165) is 25.7 Å². The molecule has 142 valence electrons. The number of hydrogen-bond acceptors (Lipinski definition) is 4. The van der Waals surface area contributed by atoms with Crippen LogP contribution < -0.4 is 10.2 Å². The van der Waals surface area contributed by atoms with Gasteiger partial charge in [0.15, 0.2) is 5.82 Å². The number of rotatable bonds is 3. The van der Waals surface area contributed by atoms with Gasteiger partial charge >= 0.3 is 6.03 Å². The fourth-order valence-electron chi connectivity index (χ4n) is 4.51. The van der Waals surface area contributed by atoms with Gasteiger partial charge in [-0.1, -0.05) is 41.9 Å². The lowest BCUT2D eigenvalue weighted by atomic mass is 9.69. The highest BCUT2D eigenvalue weighted by Crippen LogP contribution is 2.46. The number of nitrogens with one attached hydrogen (secondary N) is 1. The first-order chi connectivity index (χ1) is 12.9. The Morgan fingerprint density at radius 1 is 1.07 bits per heavy atom. The first-order valence-electron chi connectivity index (χ1n) is 9.24. The van der Waals surface area contributed by atoms with E-state index >= 15 is 0 Å². The molecule has 1 aromatic heterocycles. The van der Waals surface area contributed by atoms with Crippen LogP contribution in [0.3, 0.4) is 0 Å². The van der Waals surface area contributed by atoms with Crippen LogP contribution in [-0.4, -0.2) is 47.1 Å². The maximum Gasteiger partial charge on any atom is 0.323 e. The fraction of sp³-hybridized carbons (Fsp3) is 0.450. The minimum Gasteiger partial charge on any atom is -0.330 e. The van der Waals surface area contributed by atoms with E-state index in [4.69, 9.17) is 11.6 Å². The van der Waals surface area contributed by atoms with Crippen LogP contribution in [0.25, 0.3) is 0 Å². The van der Waals surface area contributed by atoms with Crippen LogP contribution in [-0.2, 0) is 5.54 Å². The molecule has 2 heterocycles. The Bertz CT molecular complexity index is 816. The molecule has 2 aliphatic rings. The first-order valence-corrected chi connectivity index (χ1v) is 9.62. The zero-order valence-corrected chi connectivity index (χ0v) is 16.4. The average Bonchev–Trinajstić information content (AvgIpc) is 3.00. The van der Waals surface area contributed by atoms with Gasteiger partial charge in [0.2, 0.25) is 0 Å². The number of benzene rings is 1. The smallest absolute Gasteiger partial charge is 0.323 e. The van der Waals surface area contributed by atoms with Crippen LogP contribution >= 0.6 is 11.6 Å². The number of halogens is 1. The standard InChI is InChI=1S/C20H24ClN5O/c1-25(2)20(15-6-4-3-5-7-15)10-8-19(9-11-20)14-26(18(27)24-19)17-13-22-16(21)12-23-17/h3-7,12-13H,8-11,14H2,1-2H3,(H,24,27). The molecule has 0 radical (unpaired) electrons. The van der Waals surface area contributed by atoms with Crippen molar-refractivity contribution in [3.63, 3.8) is 0 Å². The van der Waals surface area contributed by atoms with E-state index in [1.807, 2.05) is 0 Å². The van der Waals surface area contributed by atoms with Crippen molar-refractivity contribution in [3.8, 4) is 0 Å². The van der Waals surface area contributed by atoms with E-state index in [9.17, 15) is 4.79 Å². The van der Waals surface area contributed by atoms with E-state index in [1.54, 1.807) is 11.1 Å². The minimum absolute atomic E-state index is 0.00470. The van der Waals surface area contributed by atoms with Crippen LogP contribution in [0.1, 0.15) is 31.2 Å². The third kappa shape index (κ3) is 3.17. The SMILES string of the molecule is CN(C)C1(c2ccccc2)CCC2(CC1)CN(c1cnc(Cl)cn1)C(=O)N2. The van der Waals surface area contributed by atoms with Crippen molar-refractivity contribution < 1.29 is 4.79 Å².